The van der Waals surface area contributed by atoms with Crippen molar-refractivity contribution in [3.63, 3.8) is 0 Å². The van der Waals surface area contributed by atoms with Crippen LogP contribution < -0.4 is 11.5 Å². The summed E-state index contributed by atoms with van der Waals surface area (Å²) in [6.07, 6.45) is -5.39. The molecule has 1 aromatic heterocycles. The Labute approximate surface area is 118 Å². The molecule has 1 heterocycles. The first kappa shape index (κ1) is 14.6. The van der Waals surface area contributed by atoms with E-state index in [2.05, 4.69) is 9.97 Å². The van der Waals surface area contributed by atoms with Gasteiger partial charge >= 0.3 is 6.18 Å². The maximum absolute atomic E-state index is 12.4. The Morgan fingerprint density at radius 1 is 1.19 bits per heavy atom. The van der Waals surface area contributed by atoms with Gasteiger partial charge < -0.3 is 11.5 Å². The number of hydrogen-bond acceptors (Lipinski definition) is 5. The van der Waals surface area contributed by atoms with Crippen LogP contribution in [0.3, 0.4) is 0 Å². The Morgan fingerprint density at radius 2 is 1.90 bits per heavy atom. The van der Waals surface area contributed by atoms with Gasteiger partial charge in [-0.2, -0.15) is 23.4 Å². The molecule has 5 nitrogen and oxygen atoms in total. The van der Waals surface area contributed by atoms with Crippen LogP contribution in [0.4, 0.5) is 24.9 Å². The first-order valence-corrected chi connectivity index (χ1v) is 5.79. The van der Waals surface area contributed by atoms with Crippen LogP contribution in [0.1, 0.15) is 11.1 Å². The van der Waals surface area contributed by atoms with Crippen molar-refractivity contribution in [1.82, 2.24) is 9.97 Å². The second-order valence-corrected chi connectivity index (χ2v) is 4.29. The van der Waals surface area contributed by atoms with Gasteiger partial charge in [-0.3, -0.25) is 0 Å². The number of halogens is 3. The third-order valence-corrected chi connectivity index (χ3v) is 2.67. The van der Waals surface area contributed by atoms with Gasteiger partial charge in [0.15, 0.2) is 0 Å². The fourth-order valence-electron chi connectivity index (χ4n) is 1.88. The Hall–Kier alpha value is -2.82. The fourth-order valence-corrected chi connectivity index (χ4v) is 1.88. The maximum Gasteiger partial charge on any atom is 0.393 e. The van der Waals surface area contributed by atoms with E-state index in [1.807, 2.05) is 6.07 Å². The van der Waals surface area contributed by atoms with Gasteiger partial charge in [0.05, 0.1) is 12.1 Å². The van der Waals surface area contributed by atoms with E-state index in [1.165, 1.54) is 24.3 Å². The zero-order valence-corrected chi connectivity index (χ0v) is 10.6. The molecule has 0 radical (unpaired) electrons. The van der Waals surface area contributed by atoms with Gasteiger partial charge in [0.2, 0.25) is 5.95 Å². The van der Waals surface area contributed by atoms with Crippen LogP contribution in [0.25, 0.3) is 11.3 Å². The molecule has 0 aliphatic heterocycles. The number of rotatable bonds is 2. The van der Waals surface area contributed by atoms with Crippen molar-refractivity contribution >= 4 is 11.8 Å². The molecule has 0 saturated heterocycles. The number of nitrogens with zero attached hydrogens (tertiary/aromatic N) is 3. The molecule has 21 heavy (non-hydrogen) atoms. The van der Waals surface area contributed by atoms with Crippen LogP contribution in [0.2, 0.25) is 0 Å². The van der Waals surface area contributed by atoms with Crippen molar-refractivity contribution in [2.45, 2.75) is 12.6 Å². The molecule has 108 valence electrons. The molecular formula is C13H10F3N5. The third-order valence-electron chi connectivity index (χ3n) is 2.67. The Bertz CT molecular complexity index is 719. The molecule has 8 heteroatoms. The summed E-state index contributed by atoms with van der Waals surface area (Å²) in [6.45, 7) is 0. The summed E-state index contributed by atoms with van der Waals surface area (Å²) >= 11 is 0. The van der Waals surface area contributed by atoms with Gasteiger partial charge in [-0.1, -0.05) is 18.2 Å². The number of nitriles is 1. The average Bonchev–Trinajstić information content (AvgIpc) is 2.36. The fraction of sp³-hybridized carbons (Fsp3) is 0.154. The summed E-state index contributed by atoms with van der Waals surface area (Å²) in [6, 6.07) is 7.45. The van der Waals surface area contributed by atoms with Crippen LogP contribution in [-0.2, 0) is 6.42 Å². The SMILES string of the molecule is N#Cc1c(N)nc(N)nc1-c1cccc(CC(F)(F)F)c1. The summed E-state index contributed by atoms with van der Waals surface area (Å²) in [5.74, 6) is -0.260. The molecule has 0 spiro atoms. The quantitative estimate of drug-likeness (QED) is 0.884. The minimum Gasteiger partial charge on any atom is -0.382 e. The molecule has 1 aromatic carbocycles. The van der Waals surface area contributed by atoms with E-state index in [0.29, 0.717) is 5.56 Å². The van der Waals surface area contributed by atoms with Crippen molar-refractivity contribution < 1.29 is 13.2 Å². The molecule has 0 aliphatic carbocycles. The van der Waals surface area contributed by atoms with Crippen molar-refractivity contribution in [2.75, 3.05) is 11.5 Å². The summed E-state index contributed by atoms with van der Waals surface area (Å²) in [7, 11) is 0. The van der Waals surface area contributed by atoms with E-state index in [1.54, 1.807) is 0 Å². The van der Waals surface area contributed by atoms with Gasteiger partial charge in [0.25, 0.3) is 0 Å². The lowest BCUT2D eigenvalue weighted by Crippen LogP contribution is -2.11. The number of benzene rings is 1. The molecule has 0 aliphatic rings. The summed E-state index contributed by atoms with van der Waals surface area (Å²) < 4.78 is 37.3. The van der Waals surface area contributed by atoms with E-state index >= 15 is 0 Å². The van der Waals surface area contributed by atoms with E-state index in [9.17, 15) is 13.2 Å². The molecule has 4 N–H and O–H groups in total. The van der Waals surface area contributed by atoms with E-state index in [-0.39, 0.29) is 28.6 Å². The smallest absolute Gasteiger partial charge is 0.382 e. The third kappa shape index (κ3) is 3.39. The molecule has 0 atom stereocenters. The van der Waals surface area contributed by atoms with Crippen molar-refractivity contribution in [3.8, 4) is 17.3 Å². The van der Waals surface area contributed by atoms with Crippen molar-refractivity contribution in [3.05, 3.63) is 35.4 Å². The average molecular weight is 293 g/mol. The topological polar surface area (TPSA) is 102 Å². The molecule has 0 bridgehead atoms. The highest BCUT2D eigenvalue weighted by Gasteiger charge is 2.27. The highest BCUT2D eigenvalue weighted by molar-refractivity contribution is 5.73. The highest BCUT2D eigenvalue weighted by Crippen LogP contribution is 2.28. The monoisotopic (exact) mass is 293 g/mol. The van der Waals surface area contributed by atoms with Crippen LogP contribution in [0.15, 0.2) is 24.3 Å². The number of nitrogen functional groups attached to an aromatic ring is 2. The first-order valence-electron chi connectivity index (χ1n) is 5.79. The van der Waals surface area contributed by atoms with E-state index in [0.717, 1.165) is 0 Å². The molecule has 2 rings (SSSR count). The van der Waals surface area contributed by atoms with Crippen LogP contribution in [-0.4, -0.2) is 16.1 Å². The van der Waals surface area contributed by atoms with E-state index < -0.39 is 12.6 Å². The number of hydrogen-bond donors (Lipinski definition) is 2. The summed E-state index contributed by atoms with van der Waals surface area (Å²) in [5, 5.41) is 9.08. The van der Waals surface area contributed by atoms with Gasteiger partial charge in [-0.05, 0) is 11.6 Å². The second kappa shape index (κ2) is 5.28. The number of alkyl halides is 3. The second-order valence-electron chi connectivity index (χ2n) is 4.29. The molecule has 2 aromatic rings. The number of nitrogens with two attached hydrogens (primary N) is 2. The Balaban J connectivity index is 2.53. The predicted molar refractivity (Wildman–Crippen MR) is 70.8 cm³/mol. The normalized spacial score (nSPS) is 11.1. The molecule has 0 fully saturated rings. The minimum absolute atomic E-state index is 0.0200. The van der Waals surface area contributed by atoms with E-state index in [4.69, 9.17) is 16.7 Å². The van der Waals surface area contributed by atoms with Crippen LogP contribution >= 0.6 is 0 Å². The first-order chi connectivity index (χ1) is 9.80. The lowest BCUT2D eigenvalue weighted by molar-refractivity contribution is -0.127. The van der Waals surface area contributed by atoms with Gasteiger partial charge in [-0.15, -0.1) is 0 Å². The molecule has 0 amide bonds. The van der Waals surface area contributed by atoms with Crippen LogP contribution in [0, 0.1) is 11.3 Å². The minimum atomic E-state index is -4.32. The zero-order chi connectivity index (χ0) is 15.6. The van der Waals surface area contributed by atoms with Gasteiger partial charge in [0, 0.05) is 5.56 Å². The largest absolute Gasteiger partial charge is 0.393 e. The summed E-state index contributed by atoms with van der Waals surface area (Å²) in [4.78, 5) is 7.55. The maximum atomic E-state index is 12.4. The van der Waals surface area contributed by atoms with Gasteiger partial charge in [-0.25, -0.2) is 4.98 Å². The lowest BCUT2D eigenvalue weighted by atomic mass is 10.0. The standard InChI is InChI=1S/C13H10F3N5/c14-13(15,16)5-7-2-1-3-8(4-7)10-9(6-17)11(18)21-12(19)20-10/h1-4H,5H2,(H4,18,19,20,21). The molecule has 0 unspecified atom stereocenters. The zero-order valence-electron chi connectivity index (χ0n) is 10.6. The summed E-state index contributed by atoms with van der Waals surface area (Å²) in [5.41, 5.74) is 11.5. The highest BCUT2D eigenvalue weighted by atomic mass is 19.4. The van der Waals surface area contributed by atoms with Crippen molar-refractivity contribution in [2.24, 2.45) is 0 Å². The lowest BCUT2D eigenvalue weighted by Gasteiger charge is -2.10. The number of aromatic nitrogens is 2. The van der Waals surface area contributed by atoms with Crippen molar-refractivity contribution in [1.29, 1.82) is 5.26 Å². The predicted octanol–water partition coefficient (Wildman–Crippen LogP) is 2.28. The van der Waals surface area contributed by atoms with Crippen LogP contribution in [0.5, 0.6) is 0 Å². The number of anilines is 2. The van der Waals surface area contributed by atoms with Gasteiger partial charge in [0.1, 0.15) is 17.5 Å². The molecule has 0 saturated carbocycles. The molecular weight excluding hydrogens is 283 g/mol. The Kier molecular flexibility index (Phi) is 3.67. The Morgan fingerprint density at radius 3 is 2.52 bits per heavy atom.